The lowest BCUT2D eigenvalue weighted by Crippen LogP contribution is -2.39. The largest absolute Gasteiger partial charge is 0.398 e. The molecule has 0 saturated heterocycles. The summed E-state index contributed by atoms with van der Waals surface area (Å²) in [5, 5.41) is 2.96. The Morgan fingerprint density at radius 1 is 1.42 bits per heavy atom. The second-order valence-electron chi connectivity index (χ2n) is 5.82. The van der Waals surface area contributed by atoms with Gasteiger partial charge in [-0.2, -0.15) is 0 Å². The van der Waals surface area contributed by atoms with Crippen molar-refractivity contribution in [1.82, 2.24) is 10.2 Å². The van der Waals surface area contributed by atoms with Crippen molar-refractivity contribution in [2.75, 3.05) is 32.9 Å². The minimum absolute atomic E-state index is 0.0319. The SMILES string of the molecule is CN(C)CC(C)(C)CNC(=O)c1ccc(N)c(Br)c1. The number of benzene rings is 1. The molecule has 0 aliphatic carbocycles. The Kier molecular flexibility index (Phi) is 5.38. The van der Waals surface area contributed by atoms with E-state index in [-0.39, 0.29) is 11.3 Å². The van der Waals surface area contributed by atoms with Crippen molar-refractivity contribution in [1.29, 1.82) is 0 Å². The molecule has 4 nitrogen and oxygen atoms in total. The molecule has 0 heterocycles. The van der Waals surface area contributed by atoms with E-state index in [1.54, 1.807) is 18.2 Å². The number of carbonyl (C=O) groups excluding carboxylic acids is 1. The highest BCUT2D eigenvalue weighted by Crippen LogP contribution is 2.20. The Bertz CT molecular complexity index is 458. The number of anilines is 1. The van der Waals surface area contributed by atoms with Gasteiger partial charge in [0.2, 0.25) is 0 Å². The van der Waals surface area contributed by atoms with Gasteiger partial charge in [-0.25, -0.2) is 0 Å². The second kappa shape index (κ2) is 6.39. The molecular weight excluding hydrogens is 306 g/mol. The topological polar surface area (TPSA) is 58.4 Å². The fourth-order valence-corrected chi connectivity index (χ4v) is 2.38. The van der Waals surface area contributed by atoms with Crippen LogP contribution in [0.4, 0.5) is 5.69 Å². The number of nitrogens with zero attached hydrogens (tertiary/aromatic N) is 1. The van der Waals surface area contributed by atoms with Gasteiger partial charge >= 0.3 is 0 Å². The van der Waals surface area contributed by atoms with E-state index in [9.17, 15) is 4.79 Å². The molecule has 0 atom stereocenters. The van der Waals surface area contributed by atoms with Crippen molar-refractivity contribution in [3.63, 3.8) is 0 Å². The smallest absolute Gasteiger partial charge is 0.251 e. The molecule has 0 saturated carbocycles. The van der Waals surface area contributed by atoms with Gasteiger partial charge < -0.3 is 16.0 Å². The zero-order valence-electron chi connectivity index (χ0n) is 12.0. The molecule has 0 aromatic heterocycles. The first kappa shape index (κ1) is 16.0. The van der Waals surface area contributed by atoms with Crippen molar-refractivity contribution in [3.05, 3.63) is 28.2 Å². The lowest BCUT2D eigenvalue weighted by atomic mass is 9.93. The van der Waals surface area contributed by atoms with Gasteiger partial charge in [0.25, 0.3) is 5.91 Å². The first-order chi connectivity index (χ1) is 8.71. The molecule has 0 aliphatic heterocycles. The minimum Gasteiger partial charge on any atom is -0.398 e. The molecule has 5 heteroatoms. The Hall–Kier alpha value is -1.07. The van der Waals surface area contributed by atoms with Crippen molar-refractivity contribution < 1.29 is 4.79 Å². The highest BCUT2D eigenvalue weighted by Gasteiger charge is 2.20. The zero-order chi connectivity index (χ0) is 14.6. The molecule has 0 aliphatic rings. The van der Waals surface area contributed by atoms with Gasteiger partial charge in [-0.15, -0.1) is 0 Å². The molecule has 0 radical (unpaired) electrons. The molecule has 0 bridgehead atoms. The second-order valence-corrected chi connectivity index (χ2v) is 6.68. The van der Waals surface area contributed by atoms with Crippen LogP contribution in [0.1, 0.15) is 24.2 Å². The molecule has 1 amide bonds. The van der Waals surface area contributed by atoms with Crippen LogP contribution in [-0.4, -0.2) is 38.0 Å². The van der Waals surface area contributed by atoms with Crippen LogP contribution in [0, 0.1) is 5.41 Å². The summed E-state index contributed by atoms with van der Waals surface area (Å²) in [5.74, 6) is -0.0764. The average molecular weight is 328 g/mol. The fourth-order valence-electron chi connectivity index (χ4n) is 2.00. The van der Waals surface area contributed by atoms with Crippen LogP contribution in [0.3, 0.4) is 0 Å². The van der Waals surface area contributed by atoms with Gasteiger partial charge in [0.05, 0.1) is 0 Å². The highest BCUT2D eigenvalue weighted by atomic mass is 79.9. The van der Waals surface area contributed by atoms with E-state index in [4.69, 9.17) is 5.73 Å². The number of carbonyl (C=O) groups is 1. The Balaban J connectivity index is 2.62. The van der Waals surface area contributed by atoms with E-state index in [0.717, 1.165) is 11.0 Å². The standard InChI is InChI=1S/C14H22BrN3O/c1-14(2,9-18(3)4)8-17-13(19)10-5-6-12(16)11(15)7-10/h5-7H,8-9,16H2,1-4H3,(H,17,19). The van der Waals surface area contributed by atoms with Crippen molar-refractivity contribution >= 4 is 27.5 Å². The van der Waals surface area contributed by atoms with Gasteiger partial charge in [-0.05, 0) is 53.6 Å². The molecule has 0 spiro atoms. The van der Waals surface area contributed by atoms with Crippen LogP contribution < -0.4 is 11.1 Å². The van der Waals surface area contributed by atoms with E-state index in [1.165, 1.54) is 0 Å². The molecule has 3 N–H and O–H groups in total. The number of hydrogen-bond donors (Lipinski definition) is 2. The van der Waals surface area contributed by atoms with E-state index in [0.29, 0.717) is 17.8 Å². The third-order valence-corrected chi connectivity index (χ3v) is 3.42. The van der Waals surface area contributed by atoms with Crippen LogP contribution in [0.25, 0.3) is 0 Å². The number of nitrogens with one attached hydrogen (secondary N) is 1. The molecular formula is C14H22BrN3O. The number of rotatable bonds is 5. The summed E-state index contributed by atoms with van der Waals surface area (Å²) in [6.45, 7) is 5.81. The molecule has 1 rings (SSSR count). The maximum atomic E-state index is 12.1. The Labute approximate surface area is 123 Å². The predicted molar refractivity (Wildman–Crippen MR) is 83.2 cm³/mol. The number of hydrogen-bond acceptors (Lipinski definition) is 3. The highest BCUT2D eigenvalue weighted by molar-refractivity contribution is 9.10. The van der Waals surface area contributed by atoms with Gasteiger partial charge in [-0.3, -0.25) is 4.79 Å². The monoisotopic (exact) mass is 327 g/mol. The molecule has 0 unspecified atom stereocenters. The van der Waals surface area contributed by atoms with Crippen molar-refractivity contribution in [3.8, 4) is 0 Å². The minimum atomic E-state index is -0.0764. The Morgan fingerprint density at radius 2 is 2.05 bits per heavy atom. The quantitative estimate of drug-likeness (QED) is 0.816. The maximum Gasteiger partial charge on any atom is 0.251 e. The van der Waals surface area contributed by atoms with Crippen molar-refractivity contribution in [2.45, 2.75) is 13.8 Å². The number of nitrogen functional groups attached to an aromatic ring is 1. The molecule has 19 heavy (non-hydrogen) atoms. The van der Waals surface area contributed by atoms with Gasteiger partial charge in [0.1, 0.15) is 0 Å². The summed E-state index contributed by atoms with van der Waals surface area (Å²) in [5.41, 5.74) is 6.98. The zero-order valence-corrected chi connectivity index (χ0v) is 13.5. The van der Waals surface area contributed by atoms with Crippen molar-refractivity contribution in [2.24, 2.45) is 5.41 Å². The van der Waals surface area contributed by atoms with Gasteiger partial charge in [0, 0.05) is 28.8 Å². The van der Waals surface area contributed by atoms with Gasteiger partial charge in [-0.1, -0.05) is 13.8 Å². The summed E-state index contributed by atoms with van der Waals surface area (Å²) in [6.07, 6.45) is 0. The summed E-state index contributed by atoms with van der Waals surface area (Å²) in [7, 11) is 4.06. The summed E-state index contributed by atoms with van der Waals surface area (Å²) >= 11 is 3.33. The number of nitrogens with two attached hydrogens (primary N) is 1. The summed E-state index contributed by atoms with van der Waals surface area (Å²) in [6, 6.07) is 5.20. The fraction of sp³-hybridized carbons (Fsp3) is 0.500. The van der Waals surface area contributed by atoms with Crippen LogP contribution >= 0.6 is 15.9 Å². The summed E-state index contributed by atoms with van der Waals surface area (Å²) in [4.78, 5) is 14.2. The van der Waals surface area contributed by atoms with E-state index in [1.807, 2.05) is 14.1 Å². The molecule has 1 aromatic rings. The lowest BCUT2D eigenvalue weighted by molar-refractivity contribution is 0.0929. The predicted octanol–water partition coefficient (Wildman–Crippen LogP) is 2.35. The van der Waals surface area contributed by atoms with Gasteiger partial charge in [0.15, 0.2) is 0 Å². The molecule has 106 valence electrons. The van der Waals surface area contributed by atoms with Crippen LogP contribution in [0.5, 0.6) is 0 Å². The Morgan fingerprint density at radius 3 is 2.58 bits per heavy atom. The summed E-state index contributed by atoms with van der Waals surface area (Å²) < 4.78 is 0.743. The number of amides is 1. The van der Waals surface area contributed by atoms with Crippen LogP contribution in [-0.2, 0) is 0 Å². The molecule has 1 aromatic carbocycles. The molecule has 0 fully saturated rings. The van der Waals surface area contributed by atoms with Crippen LogP contribution in [0.2, 0.25) is 0 Å². The third-order valence-electron chi connectivity index (χ3n) is 2.73. The third kappa shape index (κ3) is 5.20. The van der Waals surface area contributed by atoms with Crippen LogP contribution in [0.15, 0.2) is 22.7 Å². The van der Waals surface area contributed by atoms with E-state index in [2.05, 4.69) is 40.0 Å². The first-order valence-corrected chi connectivity index (χ1v) is 6.98. The average Bonchev–Trinajstić information content (AvgIpc) is 2.28. The van der Waals surface area contributed by atoms with E-state index >= 15 is 0 Å². The van der Waals surface area contributed by atoms with E-state index < -0.39 is 0 Å². The lowest BCUT2D eigenvalue weighted by Gasteiger charge is -2.28. The maximum absolute atomic E-state index is 12.1. The first-order valence-electron chi connectivity index (χ1n) is 6.19. The number of halogens is 1. The normalized spacial score (nSPS) is 11.7.